The van der Waals surface area contributed by atoms with Crippen LogP contribution in [0.4, 0.5) is 5.13 Å². The third kappa shape index (κ3) is 7.13. The summed E-state index contributed by atoms with van der Waals surface area (Å²) in [5, 5.41) is 40.9. The van der Waals surface area contributed by atoms with Crippen molar-refractivity contribution >= 4 is 74.8 Å². The Morgan fingerprint density at radius 1 is 1.26 bits per heavy atom. The summed E-state index contributed by atoms with van der Waals surface area (Å²) in [6.45, 7) is 3.47. The number of phenols is 2. The number of hydrogen-bond donors (Lipinski definition) is 4. The van der Waals surface area contributed by atoms with Crippen molar-refractivity contribution in [2.45, 2.75) is 35.7 Å². The van der Waals surface area contributed by atoms with E-state index < -0.39 is 29.2 Å². The van der Waals surface area contributed by atoms with Gasteiger partial charge in [-0.3, -0.25) is 14.5 Å². The number of fused-ring (bicyclic) bond motifs is 1. The van der Waals surface area contributed by atoms with Gasteiger partial charge in [0.2, 0.25) is 0 Å². The van der Waals surface area contributed by atoms with Gasteiger partial charge in [-0.05, 0) is 37.6 Å². The van der Waals surface area contributed by atoms with E-state index >= 15 is 0 Å². The van der Waals surface area contributed by atoms with Crippen molar-refractivity contribution < 1.29 is 64.1 Å². The molecule has 5 N–H and O–H groups in total. The molecule has 5 rings (SSSR count). The van der Waals surface area contributed by atoms with E-state index in [0.717, 1.165) is 16.2 Å². The molecule has 1 aromatic carbocycles. The molecule has 3 aromatic rings. The Morgan fingerprint density at radius 3 is 2.67 bits per heavy atom. The van der Waals surface area contributed by atoms with Crippen molar-refractivity contribution in [1.82, 2.24) is 20.2 Å². The van der Waals surface area contributed by atoms with Crippen LogP contribution in [0.1, 0.15) is 19.5 Å². The van der Waals surface area contributed by atoms with E-state index in [1.807, 2.05) is 0 Å². The number of thioether (sulfide) groups is 2. The molecule has 2 atom stereocenters. The molecule has 2 aromatic heterocycles. The summed E-state index contributed by atoms with van der Waals surface area (Å²) in [5.41, 5.74) is 7.22. The number of nitrogens with one attached hydrogen (secondary N) is 1. The van der Waals surface area contributed by atoms with Crippen LogP contribution in [0.15, 0.2) is 49.7 Å². The van der Waals surface area contributed by atoms with Gasteiger partial charge in [0.25, 0.3) is 11.8 Å². The largest absolute Gasteiger partial charge is 1.00 e. The first kappa shape index (κ1) is 33.1. The van der Waals surface area contributed by atoms with E-state index in [-0.39, 0.29) is 75.1 Å². The van der Waals surface area contributed by atoms with Gasteiger partial charge in [0.05, 0.1) is 17.4 Å². The van der Waals surface area contributed by atoms with Crippen LogP contribution in [0, 0.1) is 0 Å². The molecule has 220 valence electrons. The molecule has 1 saturated heterocycles. The average molecular weight is 671 g/mol. The molecule has 2 aliphatic heterocycles. The smallest absolute Gasteiger partial charge is 0.543 e. The second-order valence-electron chi connectivity index (χ2n) is 9.26. The number of benzene rings is 1. The first-order valence-corrected chi connectivity index (χ1v) is 16.1. The number of rotatable bonds is 10. The van der Waals surface area contributed by atoms with Crippen LogP contribution in [0.5, 0.6) is 11.5 Å². The number of β-lactam (4-membered cyclic amide) rings is 1. The van der Waals surface area contributed by atoms with E-state index in [9.17, 15) is 29.7 Å². The number of carbonyl (C=O) groups excluding carboxylic acids is 3. The van der Waals surface area contributed by atoms with E-state index in [0.29, 0.717) is 26.9 Å². The van der Waals surface area contributed by atoms with Crippen molar-refractivity contribution in [3.8, 4) is 22.8 Å². The zero-order valence-corrected chi connectivity index (χ0v) is 28.2. The molecule has 0 spiro atoms. The van der Waals surface area contributed by atoms with Gasteiger partial charge in [-0.15, -0.1) is 34.4 Å². The molecule has 43 heavy (non-hydrogen) atoms. The minimum atomic E-state index is -1.49. The SMILES string of the molecule is CC(C)O/N=C(/C(=O)N[C@@H]1C(=O)N2C(C(=O)[O-])=C(CSc3nc(-c4ccc(O)c(O)c4)cs3)CS[C@H]12)c1csc(N)n1.[Na+]. The fourth-order valence-electron chi connectivity index (χ4n) is 4.04. The van der Waals surface area contributed by atoms with Crippen LogP contribution in [-0.2, 0) is 19.2 Å². The van der Waals surface area contributed by atoms with E-state index in [2.05, 4.69) is 20.4 Å². The second kappa shape index (κ2) is 13.9. The Labute approximate surface area is 283 Å². The minimum absolute atomic E-state index is 0. The van der Waals surface area contributed by atoms with Gasteiger partial charge < -0.3 is 36.0 Å². The van der Waals surface area contributed by atoms with Crippen molar-refractivity contribution in [2.24, 2.45) is 5.16 Å². The number of phenolic OH excluding ortho intramolecular Hbond substituents is 2. The van der Waals surface area contributed by atoms with Gasteiger partial charge in [-0.25, -0.2) is 9.97 Å². The predicted octanol–water partition coefficient (Wildman–Crippen LogP) is -1.41. The number of aliphatic carboxylic acids is 1. The van der Waals surface area contributed by atoms with Gasteiger partial charge in [0.15, 0.2) is 26.7 Å². The van der Waals surface area contributed by atoms with E-state index in [4.69, 9.17) is 10.6 Å². The maximum atomic E-state index is 13.1. The molecule has 1 fully saturated rings. The van der Waals surface area contributed by atoms with E-state index in [1.54, 1.807) is 30.7 Å². The van der Waals surface area contributed by atoms with Crippen LogP contribution >= 0.6 is 46.2 Å². The number of aromatic nitrogens is 2. The van der Waals surface area contributed by atoms with Gasteiger partial charge in [0.1, 0.15) is 23.2 Å². The van der Waals surface area contributed by atoms with Crippen molar-refractivity contribution in [3.63, 3.8) is 0 Å². The Bertz CT molecular complexity index is 1620. The molecule has 0 radical (unpaired) electrons. The summed E-state index contributed by atoms with van der Waals surface area (Å²) >= 11 is 5.08. The first-order chi connectivity index (χ1) is 20.0. The number of nitrogens with two attached hydrogens (primary N) is 1. The number of carboxylic acids is 1. The molecule has 0 aliphatic carbocycles. The quantitative estimate of drug-likeness (QED) is 0.0491. The number of nitrogen functional groups attached to an aromatic ring is 1. The number of nitrogens with zero attached hydrogens (tertiary/aromatic N) is 4. The zero-order chi connectivity index (χ0) is 30.1. The summed E-state index contributed by atoms with van der Waals surface area (Å²) in [4.78, 5) is 53.4. The predicted molar refractivity (Wildman–Crippen MR) is 158 cm³/mol. The number of thiazole rings is 2. The van der Waals surface area contributed by atoms with Crippen molar-refractivity contribution in [1.29, 1.82) is 0 Å². The number of aromatic hydroxyl groups is 2. The molecule has 2 amide bonds. The third-order valence-electron chi connectivity index (χ3n) is 5.99. The number of carbonyl (C=O) groups is 3. The summed E-state index contributed by atoms with van der Waals surface area (Å²) < 4.78 is 0.646. The maximum Gasteiger partial charge on any atom is 1.00 e. The number of anilines is 1. The molecule has 18 heteroatoms. The van der Waals surface area contributed by atoms with Gasteiger partial charge in [-0.2, -0.15) is 0 Å². The molecule has 2 aliphatic rings. The molecular weight excluding hydrogens is 648 g/mol. The van der Waals surface area contributed by atoms with Crippen molar-refractivity contribution in [2.75, 3.05) is 17.2 Å². The molecule has 0 bridgehead atoms. The number of oxime groups is 1. The van der Waals surface area contributed by atoms with Gasteiger partial charge in [0, 0.05) is 27.8 Å². The van der Waals surface area contributed by atoms with Gasteiger partial charge in [-0.1, -0.05) is 16.9 Å². The van der Waals surface area contributed by atoms with Crippen LogP contribution < -0.4 is 45.7 Å². The van der Waals surface area contributed by atoms with Gasteiger partial charge >= 0.3 is 29.6 Å². The summed E-state index contributed by atoms with van der Waals surface area (Å²) in [6, 6.07) is 3.40. The molecular formula is C25H23N6NaO7S4. The van der Waals surface area contributed by atoms with Crippen molar-refractivity contribution in [3.05, 3.63) is 45.9 Å². The number of carboxylic acid groups (broad SMARTS) is 1. The van der Waals surface area contributed by atoms with Crippen LogP contribution in [0.25, 0.3) is 11.3 Å². The maximum absolute atomic E-state index is 13.1. The normalized spacial score (nSPS) is 18.2. The van der Waals surface area contributed by atoms with Crippen LogP contribution in [0.3, 0.4) is 0 Å². The second-order valence-corrected chi connectivity index (χ2v) is 13.3. The molecule has 0 saturated carbocycles. The summed E-state index contributed by atoms with van der Waals surface area (Å²) in [7, 11) is 0. The average Bonchev–Trinajstić information content (AvgIpc) is 3.60. The Kier molecular flexibility index (Phi) is 10.7. The van der Waals surface area contributed by atoms with Crippen LogP contribution in [0.2, 0.25) is 0 Å². The standard InChI is InChI=1S/C25H24N6O7S4.Na/c1-10(2)38-30-17(14-9-40-24(26)27-14)20(34)29-18-21(35)31-19(23(36)37)12(6-39-22(18)31)7-41-25-28-13(8-42-25)11-3-4-15(32)16(33)5-11;/h3-5,8-10,18,22,32-33H,6-7H2,1-2H3,(H2,26,27)(H,29,34)(H,36,37);/q;+1/p-1/b30-17+;/t18-,22-;/m1./s1. The number of hydrogen-bond acceptors (Lipinski definition) is 15. The number of amides is 2. The Hall–Kier alpha value is -2.80. The van der Waals surface area contributed by atoms with Crippen LogP contribution in [-0.4, -0.2) is 77.6 Å². The monoisotopic (exact) mass is 670 g/mol. The Morgan fingerprint density at radius 2 is 2.02 bits per heavy atom. The zero-order valence-electron chi connectivity index (χ0n) is 23.0. The Balaban J connectivity index is 0.00000423. The summed E-state index contributed by atoms with van der Waals surface area (Å²) in [6.07, 6.45) is -0.317. The topological polar surface area (TPSA) is 203 Å². The third-order valence-corrected chi connectivity index (χ3v) is 10.1. The summed E-state index contributed by atoms with van der Waals surface area (Å²) in [5.74, 6) is -2.75. The fraction of sp³-hybridized carbons (Fsp3) is 0.280. The fourth-order valence-corrected chi connectivity index (χ4v) is 7.91. The van der Waals surface area contributed by atoms with E-state index in [1.165, 1.54) is 47.0 Å². The molecule has 0 unspecified atom stereocenters. The molecule has 4 heterocycles. The minimum Gasteiger partial charge on any atom is -0.543 e. The first-order valence-electron chi connectivity index (χ1n) is 12.3. The molecule has 13 nitrogen and oxygen atoms in total.